The lowest BCUT2D eigenvalue weighted by molar-refractivity contribution is -0.132. The first-order chi connectivity index (χ1) is 12.5. The lowest BCUT2D eigenvalue weighted by atomic mass is 10.2. The van der Waals surface area contributed by atoms with E-state index in [2.05, 4.69) is 36.1 Å². The number of aryl methyl sites for hydroxylation is 1. The smallest absolute Gasteiger partial charge is 0.236 e. The third-order valence-corrected chi connectivity index (χ3v) is 5.17. The van der Waals surface area contributed by atoms with Crippen LogP contribution in [0, 0.1) is 6.92 Å². The Labute approximate surface area is 161 Å². The average Bonchev–Trinajstić information content (AvgIpc) is 2.64. The molecule has 1 saturated heterocycles. The second kappa shape index (κ2) is 8.56. The number of amides is 1. The van der Waals surface area contributed by atoms with E-state index in [4.69, 9.17) is 11.6 Å². The summed E-state index contributed by atoms with van der Waals surface area (Å²) in [6, 6.07) is 16.3. The molecule has 0 spiro atoms. The maximum absolute atomic E-state index is 12.6. The van der Waals surface area contributed by atoms with Crippen LogP contribution in [-0.4, -0.2) is 55.5 Å². The van der Waals surface area contributed by atoms with Crippen molar-refractivity contribution in [3.63, 3.8) is 0 Å². The zero-order valence-electron chi connectivity index (χ0n) is 15.5. The second-order valence-corrected chi connectivity index (χ2v) is 7.38. The number of anilines is 1. The standard InChI is InChI=1S/C21H26ClN3O/c1-17-6-5-8-19(14-17)24-10-12-25(13-11-24)21(26)16-23(2)15-18-7-3-4-9-20(18)22/h3-9,14H,10-13,15-16H2,1-2H3. The number of benzene rings is 2. The van der Waals surface area contributed by atoms with Crippen LogP contribution in [0.3, 0.4) is 0 Å². The molecule has 0 aliphatic carbocycles. The Bertz CT molecular complexity index is 756. The van der Waals surface area contributed by atoms with E-state index in [1.807, 2.05) is 41.1 Å². The van der Waals surface area contributed by atoms with Gasteiger partial charge in [-0.15, -0.1) is 0 Å². The van der Waals surface area contributed by atoms with Gasteiger partial charge in [0.2, 0.25) is 5.91 Å². The topological polar surface area (TPSA) is 26.8 Å². The minimum Gasteiger partial charge on any atom is -0.368 e. The summed E-state index contributed by atoms with van der Waals surface area (Å²) in [6.45, 7) is 6.49. The number of likely N-dealkylation sites (N-methyl/N-ethyl adjacent to an activating group) is 1. The Morgan fingerprint density at radius 3 is 2.50 bits per heavy atom. The number of hydrogen-bond donors (Lipinski definition) is 0. The highest BCUT2D eigenvalue weighted by molar-refractivity contribution is 6.31. The van der Waals surface area contributed by atoms with Crippen LogP contribution in [0.5, 0.6) is 0 Å². The van der Waals surface area contributed by atoms with Crippen molar-refractivity contribution in [3.8, 4) is 0 Å². The molecule has 0 bridgehead atoms. The van der Waals surface area contributed by atoms with Crippen LogP contribution in [-0.2, 0) is 11.3 Å². The molecule has 0 atom stereocenters. The van der Waals surface area contributed by atoms with Gasteiger partial charge in [-0.1, -0.05) is 41.9 Å². The SMILES string of the molecule is Cc1cccc(N2CCN(C(=O)CN(C)Cc3ccccc3Cl)CC2)c1. The van der Waals surface area contributed by atoms with E-state index in [-0.39, 0.29) is 5.91 Å². The van der Waals surface area contributed by atoms with Crippen molar-refractivity contribution in [1.29, 1.82) is 0 Å². The van der Waals surface area contributed by atoms with Crippen molar-refractivity contribution < 1.29 is 4.79 Å². The van der Waals surface area contributed by atoms with E-state index in [0.717, 1.165) is 36.8 Å². The van der Waals surface area contributed by atoms with Crippen molar-refractivity contribution >= 4 is 23.2 Å². The average molecular weight is 372 g/mol. The van der Waals surface area contributed by atoms with Crippen molar-refractivity contribution in [2.45, 2.75) is 13.5 Å². The van der Waals surface area contributed by atoms with Crippen LogP contribution in [0.1, 0.15) is 11.1 Å². The fourth-order valence-corrected chi connectivity index (χ4v) is 3.54. The van der Waals surface area contributed by atoms with Crippen molar-refractivity contribution in [1.82, 2.24) is 9.80 Å². The maximum atomic E-state index is 12.6. The lowest BCUT2D eigenvalue weighted by Crippen LogP contribution is -2.51. The summed E-state index contributed by atoms with van der Waals surface area (Å²) in [6.07, 6.45) is 0. The summed E-state index contributed by atoms with van der Waals surface area (Å²) in [7, 11) is 1.96. The minimum atomic E-state index is 0.184. The second-order valence-electron chi connectivity index (χ2n) is 6.97. The van der Waals surface area contributed by atoms with Crippen LogP contribution >= 0.6 is 11.6 Å². The summed E-state index contributed by atoms with van der Waals surface area (Å²) in [4.78, 5) is 19.0. The normalized spacial score (nSPS) is 14.8. The molecule has 3 rings (SSSR count). The van der Waals surface area contributed by atoms with E-state index in [0.29, 0.717) is 13.1 Å². The van der Waals surface area contributed by atoms with Gasteiger partial charge in [0.15, 0.2) is 0 Å². The minimum absolute atomic E-state index is 0.184. The number of nitrogens with zero attached hydrogens (tertiary/aromatic N) is 3. The van der Waals surface area contributed by atoms with Gasteiger partial charge in [0, 0.05) is 43.4 Å². The molecule has 138 valence electrons. The van der Waals surface area contributed by atoms with Crippen molar-refractivity contribution in [2.24, 2.45) is 0 Å². The van der Waals surface area contributed by atoms with E-state index >= 15 is 0 Å². The fourth-order valence-electron chi connectivity index (χ4n) is 3.34. The number of carbonyl (C=O) groups is 1. The van der Waals surface area contributed by atoms with Crippen molar-refractivity contribution in [3.05, 3.63) is 64.7 Å². The number of halogens is 1. The Balaban J connectivity index is 1.50. The molecule has 1 fully saturated rings. The zero-order valence-corrected chi connectivity index (χ0v) is 16.2. The third-order valence-electron chi connectivity index (χ3n) is 4.80. The molecular weight excluding hydrogens is 346 g/mol. The van der Waals surface area contributed by atoms with Gasteiger partial charge in [0.1, 0.15) is 0 Å². The van der Waals surface area contributed by atoms with Crippen LogP contribution in [0.4, 0.5) is 5.69 Å². The van der Waals surface area contributed by atoms with E-state index in [1.54, 1.807) is 0 Å². The van der Waals surface area contributed by atoms with E-state index in [9.17, 15) is 4.79 Å². The van der Waals surface area contributed by atoms with Crippen LogP contribution < -0.4 is 4.90 Å². The molecule has 0 N–H and O–H groups in total. The van der Waals surface area contributed by atoms with Gasteiger partial charge in [0.25, 0.3) is 0 Å². The number of piperazine rings is 1. The molecule has 4 nitrogen and oxygen atoms in total. The molecule has 5 heteroatoms. The van der Waals surface area contributed by atoms with Gasteiger partial charge in [0.05, 0.1) is 6.54 Å². The summed E-state index contributed by atoms with van der Waals surface area (Å²) in [5.41, 5.74) is 3.56. The van der Waals surface area contributed by atoms with Gasteiger partial charge >= 0.3 is 0 Å². The molecule has 0 unspecified atom stereocenters. The van der Waals surface area contributed by atoms with Crippen LogP contribution in [0.15, 0.2) is 48.5 Å². The zero-order chi connectivity index (χ0) is 18.5. The van der Waals surface area contributed by atoms with Gasteiger partial charge < -0.3 is 9.80 Å². The largest absolute Gasteiger partial charge is 0.368 e. The number of rotatable bonds is 5. The Kier molecular flexibility index (Phi) is 6.17. The molecule has 1 aliphatic rings. The quantitative estimate of drug-likeness (QED) is 0.805. The molecule has 26 heavy (non-hydrogen) atoms. The first-order valence-corrected chi connectivity index (χ1v) is 9.42. The monoisotopic (exact) mass is 371 g/mol. The number of carbonyl (C=O) groups excluding carboxylic acids is 1. The van der Waals surface area contributed by atoms with Gasteiger partial charge in [-0.25, -0.2) is 0 Å². The Morgan fingerprint density at radius 2 is 1.81 bits per heavy atom. The molecule has 2 aromatic rings. The highest BCUT2D eigenvalue weighted by Gasteiger charge is 2.22. The van der Waals surface area contributed by atoms with Crippen LogP contribution in [0.2, 0.25) is 5.02 Å². The third kappa shape index (κ3) is 4.77. The highest BCUT2D eigenvalue weighted by atomic mass is 35.5. The fraction of sp³-hybridized carbons (Fsp3) is 0.381. The lowest BCUT2D eigenvalue weighted by Gasteiger charge is -2.37. The molecule has 0 saturated carbocycles. The molecule has 0 aromatic heterocycles. The molecule has 0 radical (unpaired) electrons. The predicted octanol–water partition coefficient (Wildman–Crippen LogP) is 3.43. The molecule has 1 heterocycles. The molecule has 2 aromatic carbocycles. The van der Waals surface area contributed by atoms with Gasteiger partial charge in [-0.05, 0) is 43.3 Å². The Hall–Kier alpha value is -2.04. The van der Waals surface area contributed by atoms with Crippen LogP contribution in [0.25, 0.3) is 0 Å². The van der Waals surface area contributed by atoms with E-state index < -0.39 is 0 Å². The summed E-state index contributed by atoms with van der Waals surface area (Å²) >= 11 is 6.21. The molecular formula is C21H26ClN3O. The summed E-state index contributed by atoms with van der Waals surface area (Å²) in [5.74, 6) is 0.184. The predicted molar refractivity (Wildman–Crippen MR) is 108 cm³/mol. The Morgan fingerprint density at radius 1 is 1.08 bits per heavy atom. The van der Waals surface area contributed by atoms with Gasteiger partial charge in [-0.2, -0.15) is 0 Å². The molecule has 1 aliphatic heterocycles. The van der Waals surface area contributed by atoms with Crippen molar-refractivity contribution in [2.75, 3.05) is 44.7 Å². The van der Waals surface area contributed by atoms with Gasteiger partial charge in [-0.3, -0.25) is 9.69 Å². The summed E-state index contributed by atoms with van der Waals surface area (Å²) in [5, 5.41) is 0.749. The summed E-state index contributed by atoms with van der Waals surface area (Å²) < 4.78 is 0. The first kappa shape index (κ1) is 18.7. The number of hydrogen-bond acceptors (Lipinski definition) is 3. The maximum Gasteiger partial charge on any atom is 0.236 e. The van der Waals surface area contributed by atoms with E-state index in [1.165, 1.54) is 11.3 Å². The molecule has 1 amide bonds. The first-order valence-electron chi connectivity index (χ1n) is 9.04. The highest BCUT2D eigenvalue weighted by Crippen LogP contribution is 2.19.